The van der Waals surface area contributed by atoms with Crippen LogP contribution in [0.2, 0.25) is 0 Å². The number of anilines is 1. The van der Waals surface area contributed by atoms with Gasteiger partial charge in [0.15, 0.2) is 0 Å². The zero-order chi connectivity index (χ0) is 13.3. The van der Waals surface area contributed by atoms with Crippen LogP contribution in [-0.4, -0.2) is 17.4 Å². The van der Waals surface area contributed by atoms with Crippen molar-refractivity contribution >= 4 is 17.3 Å². The normalized spacial score (nSPS) is 14.5. The number of fused-ring (bicyclic) bond motifs is 1. The fourth-order valence-corrected chi connectivity index (χ4v) is 2.24. The van der Waals surface area contributed by atoms with E-state index in [2.05, 4.69) is 0 Å². The lowest BCUT2D eigenvalue weighted by Gasteiger charge is -2.30. The van der Waals surface area contributed by atoms with Crippen LogP contribution in [0.3, 0.4) is 0 Å². The van der Waals surface area contributed by atoms with Crippen LogP contribution in [0.25, 0.3) is 0 Å². The van der Waals surface area contributed by atoms with Crippen molar-refractivity contribution in [3.05, 3.63) is 33.9 Å². The maximum absolute atomic E-state index is 12.1. The van der Waals surface area contributed by atoms with E-state index in [0.717, 1.165) is 24.1 Å². The zero-order valence-electron chi connectivity index (χ0n) is 10.5. The van der Waals surface area contributed by atoms with Crippen molar-refractivity contribution in [3.8, 4) is 0 Å². The Hall–Kier alpha value is -1.91. The van der Waals surface area contributed by atoms with Crippen LogP contribution in [0.4, 0.5) is 11.4 Å². The van der Waals surface area contributed by atoms with Gasteiger partial charge in [-0.15, -0.1) is 0 Å². The molecule has 5 heteroatoms. The molecule has 1 aliphatic rings. The van der Waals surface area contributed by atoms with Crippen molar-refractivity contribution in [2.75, 3.05) is 11.4 Å². The number of carbonyl (C=O) groups excluding carboxylic acids is 1. The van der Waals surface area contributed by atoms with Gasteiger partial charge in [0.25, 0.3) is 5.69 Å². The molecule has 0 saturated carbocycles. The van der Waals surface area contributed by atoms with E-state index in [4.69, 9.17) is 0 Å². The number of carbonyl (C=O) groups is 1. The monoisotopic (exact) mass is 248 g/mol. The van der Waals surface area contributed by atoms with Crippen LogP contribution in [0.1, 0.15) is 25.8 Å². The van der Waals surface area contributed by atoms with E-state index in [-0.39, 0.29) is 17.5 Å². The second-order valence-corrected chi connectivity index (χ2v) is 4.82. The Morgan fingerprint density at radius 1 is 1.44 bits per heavy atom. The van der Waals surface area contributed by atoms with E-state index < -0.39 is 4.92 Å². The van der Waals surface area contributed by atoms with Gasteiger partial charge >= 0.3 is 0 Å². The van der Waals surface area contributed by atoms with Crippen molar-refractivity contribution < 1.29 is 9.72 Å². The Morgan fingerprint density at radius 3 is 2.78 bits per heavy atom. The lowest BCUT2D eigenvalue weighted by molar-refractivity contribution is -0.384. The van der Waals surface area contributed by atoms with Crippen LogP contribution in [0.5, 0.6) is 0 Å². The maximum atomic E-state index is 12.1. The van der Waals surface area contributed by atoms with Crippen molar-refractivity contribution in [2.45, 2.75) is 26.7 Å². The number of nitrogens with zero attached hydrogens (tertiary/aromatic N) is 2. The van der Waals surface area contributed by atoms with Crippen LogP contribution >= 0.6 is 0 Å². The molecular weight excluding hydrogens is 232 g/mol. The second-order valence-electron chi connectivity index (χ2n) is 4.82. The first kappa shape index (κ1) is 12.5. The van der Waals surface area contributed by atoms with Gasteiger partial charge in [-0.1, -0.05) is 13.8 Å². The van der Waals surface area contributed by atoms with Crippen molar-refractivity contribution in [1.29, 1.82) is 0 Å². The highest BCUT2D eigenvalue weighted by Crippen LogP contribution is 2.31. The predicted octanol–water partition coefficient (Wildman–Crippen LogP) is 2.53. The molecule has 0 aliphatic carbocycles. The van der Waals surface area contributed by atoms with Gasteiger partial charge in [-0.05, 0) is 24.5 Å². The first-order valence-corrected chi connectivity index (χ1v) is 6.09. The third-order valence-corrected chi connectivity index (χ3v) is 3.15. The van der Waals surface area contributed by atoms with Gasteiger partial charge in [0.2, 0.25) is 5.91 Å². The summed E-state index contributed by atoms with van der Waals surface area (Å²) in [6.45, 7) is 4.42. The average molecular weight is 248 g/mol. The lowest BCUT2D eigenvalue weighted by Crippen LogP contribution is -2.38. The fraction of sp³-hybridized carbons (Fsp3) is 0.462. The highest BCUT2D eigenvalue weighted by molar-refractivity contribution is 5.95. The lowest BCUT2D eigenvalue weighted by atomic mass is 9.99. The molecule has 0 saturated heterocycles. The van der Waals surface area contributed by atoms with Crippen LogP contribution in [0.15, 0.2) is 18.2 Å². The van der Waals surface area contributed by atoms with Gasteiger partial charge in [0, 0.05) is 30.3 Å². The van der Waals surface area contributed by atoms with E-state index in [0.29, 0.717) is 6.54 Å². The summed E-state index contributed by atoms with van der Waals surface area (Å²) in [7, 11) is 0. The molecule has 0 fully saturated rings. The second kappa shape index (κ2) is 4.76. The number of rotatable bonds is 2. The maximum Gasteiger partial charge on any atom is 0.269 e. The SMILES string of the molecule is CC(C)C(=O)N1CCCc2cc([N+](=O)[O-])ccc21. The summed E-state index contributed by atoms with van der Waals surface area (Å²) in [5, 5.41) is 10.7. The highest BCUT2D eigenvalue weighted by atomic mass is 16.6. The van der Waals surface area contributed by atoms with Gasteiger partial charge in [-0.2, -0.15) is 0 Å². The first-order chi connectivity index (χ1) is 8.50. The Morgan fingerprint density at radius 2 is 2.17 bits per heavy atom. The molecule has 0 radical (unpaired) electrons. The molecule has 2 rings (SSSR count). The van der Waals surface area contributed by atoms with E-state index in [1.54, 1.807) is 17.0 Å². The van der Waals surface area contributed by atoms with Crippen molar-refractivity contribution in [3.63, 3.8) is 0 Å². The van der Waals surface area contributed by atoms with Crippen LogP contribution in [0, 0.1) is 16.0 Å². The zero-order valence-corrected chi connectivity index (χ0v) is 10.5. The van der Waals surface area contributed by atoms with Gasteiger partial charge in [-0.25, -0.2) is 0 Å². The van der Waals surface area contributed by atoms with Crippen LogP contribution < -0.4 is 4.90 Å². The number of nitro benzene ring substituents is 1. The molecule has 1 heterocycles. The quantitative estimate of drug-likeness (QED) is 0.596. The van der Waals surface area contributed by atoms with Crippen LogP contribution in [-0.2, 0) is 11.2 Å². The molecular formula is C13H16N2O3. The van der Waals surface area contributed by atoms with Gasteiger partial charge in [-0.3, -0.25) is 14.9 Å². The Labute approximate surface area is 106 Å². The van der Waals surface area contributed by atoms with Gasteiger partial charge < -0.3 is 4.90 Å². The molecule has 5 nitrogen and oxygen atoms in total. The Bertz CT molecular complexity index is 497. The molecule has 0 unspecified atom stereocenters. The smallest absolute Gasteiger partial charge is 0.269 e. The standard InChI is InChI=1S/C13H16N2O3/c1-9(2)13(16)14-7-3-4-10-8-11(15(17)18)5-6-12(10)14/h5-6,8-9H,3-4,7H2,1-2H3. The largest absolute Gasteiger partial charge is 0.312 e. The molecule has 0 bridgehead atoms. The Balaban J connectivity index is 2.39. The Kier molecular flexibility index (Phi) is 3.32. The molecule has 0 atom stereocenters. The third-order valence-electron chi connectivity index (χ3n) is 3.15. The predicted molar refractivity (Wildman–Crippen MR) is 68.6 cm³/mol. The van der Waals surface area contributed by atoms with Gasteiger partial charge in [0.05, 0.1) is 4.92 Å². The molecule has 1 amide bonds. The van der Waals surface area contributed by atoms with Crippen molar-refractivity contribution in [2.24, 2.45) is 5.92 Å². The molecule has 0 spiro atoms. The summed E-state index contributed by atoms with van der Waals surface area (Å²) in [5.41, 5.74) is 1.81. The number of hydrogen-bond donors (Lipinski definition) is 0. The summed E-state index contributed by atoms with van der Waals surface area (Å²) in [4.78, 5) is 24.2. The number of amides is 1. The number of benzene rings is 1. The summed E-state index contributed by atoms with van der Waals surface area (Å²) >= 11 is 0. The molecule has 1 aromatic carbocycles. The van der Waals surface area contributed by atoms with E-state index in [9.17, 15) is 14.9 Å². The summed E-state index contributed by atoms with van der Waals surface area (Å²) < 4.78 is 0. The minimum atomic E-state index is -0.399. The minimum absolute atomic E-state index is 0.0638. The number of nitro groups is 1. The molecule has 96 valence electrons. The first-order valence-electron chi connectivity index (χ1n) is 6.09. The van der Waals surface area contributed by atoms with E-state index in [1.165, 1.54) is 6.07 Å². The number of hydrogen-bond acceptors (Lipinski definition) is 3. The molecule has 1 aliphatic heterocycles. The number of aryl methyl sites for hydroxylation is 1. The topological polar surface area (TPSA) is 63.5 Å². The summed E-state index contributed by atoms with van der Waals surface area (Å²) in [6, 6.07) is 4.73. The molecule has 18 heavy (non-hydrogen) atoms. The minimum Gasteiger partial charge on any atom is -0.312 e. The number of non-ortho nitro benzene ring substituents is 1. The highest BCUT2D eigenvalue weighted by Gasteiger charge is 2.25. The summed E-state index contributed by atoms with van der Waals surface area (Å²) in [6.07, 6.45) is 1.64. The average Bonchev–Trinajstić information content (AvgIpc) is 2.36. The molecule has 0 N–H and O–H groups in total. The fourth-order valence-electron chi connectivity index (χ4n) is 2.24. The third kappa shape index (κ3) is 2.20. The van der Waals surface area contributed by atoms with Gasteiger partial charge in [0.1, 0.15) is 0 Å². The molecule has 1 aromatic rings. The van der Waals surface area contributed by atoms with E-state index in [1.807, 2.05) is 13.8 Å². The summed E-state index contributed by atoms with van der Waals surface area (Å²) in [5.74, 6) is 0.0101. The van der Waals surface area contributed by atoms with Crippen molar-refractivity contribution in [1.82, 2.24) is 0 Å². The molecule has 0 aromatic heterocycles. The van der Waals surface area contributed by atoms with E-state index >= 15 is 0 Å².